The minimum absolute atomic E-state index is 0.118. The van der Waals surface area contributed by atoms with E-state index in [1.54, 1.807) is 12.1 Å². The van der Waals surface area contributed by atoms with E-state index in [4.69, 9.17) is 20.8 Å². The first-order chi connectivity index (χ1) is 13.1. The number of para-hydroxylation sites is 1. The van der Waals surface area contributed by atoms with E-state index in [1.807, 2.05) is 48.5 Å². The van der Waals surface area contributed by atoms with Gasteiger partial charge in [0.2, 0.25) is 0 Å². The quantitative estimate of drug-likeness (QED) is 0.268. The lowest BCUT2D eigenvalue weighted by Gasteiger charge is -2.06. The van der Waals surface area contributed by atoms with Gasteiger partial charge in [0, 0.05) is 9.92 Å². The molecule has 0 atom stereocenters. The molecule has 0 saturated heterocycles. The second-order valence-corrected chi connectivity index (χ2v) is 7.90. The molecular weight excluding hydrogens is 499 g/mol. The Labute approximate surface area is 179 Å². The number of halogens is 2. The van der Waals surface area contributed by atoms with Crippen LogP contribution in [0.2, 0.25) is 5.02 Å². The van der Waals surface area contributed by atoms with Gasteiger partial charge in [-0.3, -0.25) is 4.79 Å². The summed E-state index contributed by atoms with van der Waals surface area (Å²) in [5.74, 6) is 0.839. The summed E-state index contributed by atoms with van der Waals surface area (Å²) in [4.78, 5) is 12.8. The fourth-order valence-electron chi connectivity index (χ4n) is 1.98. The van der Waals surface area contributed by atoms with Gasteiger partial charge in [0.05, 0.1) is 9.78 Å². The molecule has 8 heteroatoms. The number of amides is 1. The van der Waals surface area contributed by atoms with Gasteiger partial charge >= 0.3 is 0 Å². The Hall–Kier alpha value is -1.97. The van der Waals surface area contributed by atoms with Crippen LogP contribution in [0.15, 0.2) is 80.2 Å². The number of ether oxygens (including phenoxy) is 1. The summed E-state index contributed by atoms with van der Waals surface area (Å²) < 4.78 is 12.0. The molecule has 3 aromatic rings. The van der Waals surface area contributed by atoms with E-state index in [-0.39, 0.29) is 12.5 Å². The van der Waals surface area contributed by atoms with Crippen LogP contribution >= 0.6 is 46.0 Å². The zero-order valence-electron chi connectivity index (χ0n) is 13.9. The maximum absolute atomic E-state index is 11.8. The summed E-state index contributed by atoms with van der Waals surface area (Å²) in [6.07, 6.45) is 1.44. The molecular formula is C19H14ClIN2O3S. The SMILES string of the molecule is O=C(COc1ccccc1I)N/N=C/c1ccc(Sc2ccc(Cl)cc2)o1. The molecule has 3 rings (SSSR count). The fraction of sp³-hybridized carbons (Fsp3) is 0.0526. The number of rotatable bonds is 7. The molecule has 1 amide bonds. The van der Waals surface area contributed by atoms with Crippen LogP contribution in [-0.2, 0) is 4.79 Å². The van der Waals surface area contributed by atoms with Crippen molar-refractivity contribution in [2.45, 2.75) is 9.99 Å². The molecule has 0 radical (unpaired) electrons. The van der Waals surface area contributed by atoms with Gasteiger partial charge in [0.25, 0.3) is 5.91 Å². The van der Waals surface area contributed by atoms with Crippen molar-refractivity contribution in [1.82, 2.24) is 5.43 Å². The molecule has 2 aromatic carbocycles. The minimum Gasteiger partial charge on any atom is -0.483 e. The van der Waals surface area contributed by atoms with Gasteiger partial charge in [-0.25, -0.2) is 5.43 Å². The highest BCUT2D eigenvalue weighted by atomic mass is 127. The summed E-state index contributed by atoms with van der Waals surface area (Å²) in [6, 6.07) is 18.6. The average molecular weight is 513 g/mol. The minimum atomic E-state index is -0.353. The van der Waals surface area contributed by atoms with Crippen LogP contribution in [0.3, 0.4) is 0 Å². The van der Waals surface area contributed by atoms with Crippen molar-refractivity contribution in [3.8, 4) is 5.75 Å². The van der Waals surface area contributed by atoms with E-state index >= 15 is 0 Å². The van der Waals surface area contributed by atoms with Crippen LogP contribution in [0.4, 0.5) is 0 Å². The van der Waals surface area contributed by atoms with Crippen molar-refractivity contribution in [1.29, 1.82) is 0 Å². The molecule has 0 spiro atoms. The van der Waals surface area contributed by atoms with E-state index in [2.05, 4.69) is 33.1 Å². The number of hydrogen-bond donors (Lipinski definition) is 1. The van der Waals surface area contributed by atoms with E-state index in [0.29, 0.717) is 21.6 Å². The third kappa shape index (κ3) is 6.30. The number of hydrazone groups is 1. The standard InChI is InChI=1S/C19H14ClIN2O3S/c20-13-5-8-15(9-6-13)27-19-10-7-14(26-19)11-22-23-18(24)12-25-17-4-2-1-3-16(17)21/h1-11H,12H2,(H,23,24)/b22-11+. The lowest BCUT2D eigenvalue weighted by atomic mass is 10.3. The third-order valence-corrected chi connectivity index (χ3v) is 5.28. The van der Waals surface area contributed by atoms with Crippen molar-refractivity contribution in [2.75, 3.05) is 6.61 Å². The normalized spacial score (nSPS) is 10.9. The molecule has 0 unspecified atom stereocenters. The van der Waals surface area contributed by atoms with E-state index in [0.717, 1.165) is 8.47 Å². The van der Waals surface area contributed by atoms with Crippen molar-refractivity contribution in [3.05, 3.63) is 75.0 Å². The molecule has 5 nitrogen and oxygen atoms in total. The second kappa shape index (κ2) is 9.82. The van der Waals surface area contributed by atoms with Crippen LogP contribution < -0.4 is 10.2 Å². The van der Waals surface area contributed by atoms with Gasteiger partial charge in [0.15, 0.2) is 11.7 Å². The second-order valence-electron chi connectivity index (χ2n) is 5.23. The number of furan rings is 1. The van der Waals surface area contributed by atoms with Gasteiger partial charge in [-0.1, -0.05) is 35.5 Å². The van der Waals surface area contributed by atoms with Crippen molar-refractivity contribution in [3.63, 3.8) is 0 Å². The number of carbonyl (C=O) groups is 1. The maximum Gasteiger partial charge on any atom is 0.277 e. The Morgan fingerprint density at radius 3 is 2.74 bits per heavy atom. The molecule has 0 saturated carbocycles. The van der Waals surface area contributed by atoms with Crippen molar-refractivity contribution >= 4 is 58.1 Å². The molecule has 0 aliphatic rings. The van der Waals surface area contributed by atoms with E-state index in [9.17, 15) is 4.79 Å². The smallest absolute Gasteiger partial charge is 0.277 e. The summed E-state index contributed by atoms with van der Waals surface area (Å²) in [5.41, 5.74) is 2.41. The number of nitrogens with one attached hydrogen (secondary N) is 1. The first-order valence-corrected chi connectivity index (χ1v) is 10.1. The monoisotopic (exact) mass is 512 g/mol. The molecule has 1 N–H and O–H groups in total. The number of hydrogen-bond acceptors (Lipinski definition) is 5. The Balaban J connectivity index is 1.47. The van der Waals surface area contributed by atoms with Gasteiger partial charge in [0.1, 0.15) is 11.5 Å². The zero-order valence-corrected chi connectivity index (χ0v) is 17.6. The molecule has 27 heavy (non-hydrogen) atoms. The topological polar surface area (TPSA) is 63.8 Å². The third-order valence-electron chi connectivity index (χ3n) is 3.21. The first-order valence-electron chi connectivity index (χ1n) is 7.82. The molecule has 138 valence electrons. The van der Waals surface area contributed by atoms with Crippen molar-refractivity contribution in [2.24, 2.45) is 5.10 Å². The summed E-state index contributed by atoms with van der Waals surface area (Å²) in [6.45, 7) is -0.118. The molecule has 1 aromatic heterocycles. The summed E-state index contributed by atoms with van der Waals surface area (Å²) >= 11 is 9.49. The van der Waals surface area contributed by atoms with Crippen molar-refractivity contribution < 1.29 is 13.9 Å². The number of carbonyl (C=O) groups excluding carboxylic acids is 1. The predicted molar refractivity (Wildman–Crippen MR) is 115 cm³/mol. The van der Waals surface area contributed by atoms with Crippen LogP contribution in [0.25, 0.3) is 0 Å². The summed E-state index contributed by atoms with van der Waals surface area (Å²) in [5, 5.41) is 5.28. The highest BCUT2D eigenvalue weighted by Crippen LogP contribution is 2.29. The highest BCUT2D eigenvalue weighted by molar-refractivity contribution is 14.1. The Kier molecular flexibility index (Phi) is 7.19. The highest BCUT2D eigenvalue weighted by Gasteiger charge is 2.05. The largest absolute Gasteiger partial charge is 0.483 e. The van der Waals surface area contributed by atoms with Crippen LogP contribution in [-0.4, -0.2) is 18.7 Å². The zero-order chi connectivity index (χ0) is 19.1. The summed E-state index contributed by atoms with van der Waals surface area (Å²) in [7, 11) is 0. The van der Waals surface area contributed by atoms with E-state index in [1.165, 1.54) is 18.0 Å². The van der Waals surface area contributed by atoms with E-state index < -0.39 is 0 Å². The Morgan fingerprint density at radius 1 is 1.19 bits per heavy atom. The molecule has 0 bridgehead atoms. The first kappa shape index (κ1) is 19.8. The molecule has 0 aliphatic carbocycles. The van der Waals surface area contributed by atoms with Gasteiger partial charge in [-0.15, -0.1) is 0 Å². The van der Waals surface area contributed by atoms with Crippen LogP contribution in [0, 0.1) is 3.57 Å². The molecule has 1 heterocycles. The fourth-order valence-corrected chi connectivity index (χ4v) is 3.43. The predicted octanol–water partition coefficient (Wildman–Crippen LogP) is 5.22. The van der Waals surface area contributed by atoms with Gasteiger partial charge in [-0.2, -0.15) is 5.10 Å². The lowest BCUT2D eigenvalue weighted by Crippen LogP contribution is -2.24. The molecule has 0 fully saturated rings. The number of nitrogens with zero attached hydrogens (tertiary/aromatic N) is 1. The van der Waals surface area contributed by atoms with Gasteiger partial charge < -0.3 is 9.15 Å². The van der Waals surface area contributed by atoms with Crippen LogP contribution in [0.5, 0.6) is 5.75 Å². The van der Waals surface area contributed by atoms with Crippen LogP contribution in [0.1, 0.15) is 5.76 Å². The maximum atomic E-state index is 11.8. The Bertz CT molecular complexity index is 944. The average Bonchev–Trinajstić information content (AvgIpc) is 3.10. The molecule has 0 aliphatic heterocycles. The number of benzene rings is 2. The Morgan fingerprint density at radius 2 is 1.96 bits per heavy atom. The lowest BCUT2D eigenvalue weighted by molar-refractivity contribution is -0.123. The van der Waals surface area contributed by atoms with Gasteiger partial charge in [-0.05, 0) is 71.1 Å².